The summed E-state index contributed by atoms with van der Waals surface area (Å²) in [6, 6.07) is 12.7. The summed E-state index contributed by atoms with van der Waals surface area (Å²) in [5.41, 5.74) is 2.22. The first kappa shape index (κ1) is 28.0. The average Bonchev–Trinajstić information content (AvgIpc) is 3.14. The molecule has 0 spiro atoms. The van der Waals surface area contributed by atoms with Crippen LogP contribution in [0.4, 0.5) is 10.5 Å². The molecule has 3 aromatic rings. The van der Waals surface area contributed by atoms with Crippen molar-refractivity contribution in [3.8, 4) is 17.2 Å². The molecule has 12 heteroatoms. The van der Waals surface area contributed by atoms with Crippen molar-refractivity contribution in [3.05, 3.63) is 81.4 Å². The third-order valence-electron chi connectivity index (χ3n) is 6.46. The predicted octanol–water partition coefficient (Wildman–Crippen LogP) is 2.70. The number of amides is 3. The molecule has 12 nitrogen and oxygen atoms in total. The number of nitrogens with zero attached hydrogens (tertiary/aromatic N) is 2. The van der Waals surface area contributed by atoms with E-state index in [0.717, 1.165) is 0 Å². The number of benzene rings is 2. The fourth-order valence-electron chi connectivity index (χ4n) is 4.44. The maximum absolute atomic E-state index is 13.1. The van der Waals surface area contributed by atoms with Gasteiger partial charge in [0.1, 0.15) is 5.69 Å². The number of allylic oxidation sites excluding steroid dienone is 1. The molecule has 2 aromatic carbocycles. The summed E-state index contributed by atoms with van der Waals surface area (Å²) in [7, 11) is 3.16. The largest absolute Gasteiger partial charge is 0.493 e. The number of para-hydroxylation sites is 1. The lowest BCUT2D eigenvalue weighted by atomic mass is 9.95. The number of urea groups is 1. The summed E-state index contributed by atoms with van der Waals surface area (Å²) in [6.45, 7) is 4.83. The van der Waals surface area contributed by atoms with E-state index >= 15 is 0 Å². The van der Waals surface area contributed by atoms with Gasteiger partial charge < -0.3 is 30.2 Å². The van der Waals surface area contributed by atoms with E-state index in [0.29, 0.717) is 22.6 Å². The zero-order valence-electron chi connectivity index (χ0n) is 22.9. The maximum atomic E-state index is 13.1. The van der Waals surface area contributed by atoms with Gasteiger partial charge in [0.2, 0.25) is 0 Å². The first-order valence-corrected chi connectivity index (χ1v) is 12.6. The van der Waals surface area contributed by atoms with Gasteiger partial charge in [0.15, 0.2) is 18.1 Å². The number of carbonyl (C=O) groups is 3. The van der Waals surface area contributed by atoms with Crippen molar-refractivity contribution >= 4 is 23.6 Å². The monoisotopic (exact) mass is 549 g/mol. The molecule has 210 valence electrons. The molecule has 0 radical (unpaired) electrons. The van der Waals surface area contributed by atoms with Crippen LogP contribution in [-0.2, 0) is 21.4 Å². The first-order chi connectivity index (χ1) is 19.2. The minimum Gasteiger partial charge on any atom is -0.493 e. The minimum atomic E-state index is -0.785. The number of nitrogens with one attached hydrogen (secondary N) is 3. The van der Waals surface area contributed by atoms with E-state index < -0.39 is 30.6 Å². The van der Waals surface area contributed by atoms with Crippen molar-refractivity contribution in [2.24, 2.45) is 7.05 Å². The number of aromatic nitrogens is 2. The lowest BCUT2D eigenvalue weighted by Crippen LogP contribution is -2.45. The van der Waals surface area contributed by atoms with Crippen LogP contribution in [0.5, 0.6) is 11.5 Å². The van der Waals surface area contributed by atoms with Crippen molar-refractivity contribution < 1.29 is 28.6 Å². The lowest BCUT2D eigenvalue weighted by molar-refractivity contribution is -0.139. The van der Waals surface area contributed by atoms with Crippen LogP contribution in [0.3, 0.4) is 0 Å². The number of hydrogen-bond donors (Lipinski definition) is 3. The normalized spacial score (nSPS) is 14.7. The first-order valence-electron chi connectivity index (χ1n) is 12.6. The summed E-state index contributed by atoms with van der Waals surface area (Å²) in [5.74, 6) is -0.560. The molecule has 0 fully saturated rings. The van der Waals surface area contributed by atoms with Gasteiger partial charge in [-0.1, -0.05) is 24.3 Å². The zero-order chi connectivity index (χ0) is 29.0. The Bertz CT molecular complexity index is 1540. The maximum Gasteiger partial charge on any atom is 0.338 e. The van der Waals surface area contributed by atoms with Crippen LogP contribution < -0.4 is 31.0 Å². The van der Waals surface area contributed by atoms with Gasteiger partial charge in [-0.15, -0.1) is 0 Å². The van der Waals surface area contributed by atoms with Gasteiger partial charge in [-0.3, -0.25) is 14.3 Å². The molecule has 3 N–H and O–H groups in total. The van der Waals surface area contributed by atoms with E-state index in [9.17, 15) is 19.2 Å². The highest BCUT2D eigenvalue weighted by Gasteiger charge is 2.32. The van der Waals surface area contributed by atoms with Crippen molar-refractivity contribution in [2.45, 2.75) is 26.8 Å². The van der Waals surface area contributed by atoms with Gasteiger partial charge in [0, 0.05) is 12.7 Å². The van der Waals surface area contributed by atoms with E-state index in [1.807, 2.05) is 18.2 Å². The standard InChI is InChI=1S/C28H31N5O7/c1-6-39-27(36)23-16(2)29-28(37)31-25(23)18-12-13-20(21(14-18)38-5)40-15-22(34)30-24-17(3)32(4)33(26(24)35)19-10-8-7-9-11-19/h7-14,25H,6,15H2,1-5H3,(H,30,34)(H2,29,31,37). The number of esters is 1. The van der Waals surface area contributed by atoms with Crippen LogP contribution in [0.1, 0.15) is 31.1 Å². The Balaban J connectivity index is 1.51. The summed E-state index contributed by atoms with van der Waals surface area (Å²) in [4.78, 5) is 50.6. The molecule has 0 aliphatic carbocycles. The zero-order valence-corrected chi connectivity index (χ0v) is 22.9. The Hall–Kier alpha value is -5.00. The highest BCUT2D eigenvalue weighted by Crippen LogP contribution is 2.34. The van der Waals surface area contributed by atoms with E-state index in [-0.39, 0.29) is 34.9 Å². The molecule has 40 heavy (non-hydrogen) atoms. The molecule has 3 amide bonds. The molecule has 1 unspecified atom stereocenters. The summed E-state index contributed by atoms with van der Waals surface area (Å²) >= 11 is 0. The summed E-state index contributed by atoms with van der Waals surface area (Å²) in [5, 5.41) is 7.96. The second kappa shape index (κ2) is 11.8. The highest BCUT2D eigenvalue weighted by atomic mass is 16.5. The molecule has 0 bridgehead atoms. The van der Waals surface area contributed by atoms with Crippen LogP contribution in [0.25, 0.3) is 5.69 Å². The third-order valence-corrected chi connectivity index (χ3v) is 6.46. The molecule has 0 saturated heterocycles. The van der Waals surface area contributed by atoms with Crippen LogP contribution >= 0.6 is 0 Å². The molecule has 1 aliphatic rings. The van der Waals surface area contributed by atoms with Crippen molar-refractivity contribution in [1.29, 1.82) is 0 Å². The Morgan fingerprint density at radius 1 is 1.05 bits per heavy atom. The fourth-order valence-corrected chi connectivity index (χ4v) is 4.44. The lowest BCUT2D eigenvalue weighted by Gasteiger charge is -2.28. The minimum absolute atomic E-state index is 0.151. The molecule has 1 atom stereocenters. The Morgan fingerprint density at radius 2 is 1.77 bits per heavy atom. The SMILES string of the molecule is CCOC(=O)C1=C(C)NC(=O)NC1c1ccc(OCC(=O)Nc2c(C)n(C)n(-c3ccccc3)c2=O)c(OC)c1. The van der Waals surface area contributed by atoms with E-state index in [4.69, 9.17) is 14.2 Å². The van der Waals surface area contributed by atoms with Crippen molar-refractivity contribution in [1.82, 2.24) is 20.0 Å². The van der Waals surface area contributed by atoms with E-state index in [1.54, 1.807) is 62.8 Å². The number of anilines is 1. The molecular weight excluding hydrogens is 518 g/mol. The van der Waals surface area contributed by atoms with E-state index in [1.165, 1.54) is 11.8 Å². The van der Waals surface area contributed by atoms with Gasteiger partial charge in [-0.05, 0) is 50.6 Å². The van der Waals surface area contributed by atoms with Gasteiger partial charge >= 0.3 is 12.0 Å². The summed E-state index contributed by atoms with van der Waals surface area (Å²) in [6.07, 6.45) is 0. The van der Waals surface area contributed by atoms with Gasteiger partial charge in [-0.25, -0.2) is 14.3 Å². The van der Waals surface area contributed by atoms with Gasteiger partial charge in [-0.2, -0.15) is 0 Å². The topological polar surface area (TPSA) is 142 Å². The quantitative estimate of drug-likeness (QED) is 0.349. The number of methoxy groups -OCH3 is 1. The Morgan fingerprint density at radius 3 is 2.45 bits per heavy atom. The fraction of sp³-hybridized carbons (Fsp3) is 0.286. The Kier molecular flexibility index (Phi) is 8.27. The molecule has 1 aliphatic heterocycles. The second-order valence-corrected chi connectivity index (χ2v) is 8.97. The number of ether oxygens (including phenoxy) is 3. The van der Waals surface area contributed by atoms with Crippen LogP contribution in [0.15, 0.2) is 64.6 Å². The molecule has 2 heterocycles. The number of carbonyl (C=O) groups excluding carboxylic acids is 3. The predicted molar refractivity (Wildman–Crippen MR) is 147 cm³/mol. The summed E-state index contributed by atoms with van der Waals surface area (Å²) < 4.78 is 19.5. The third kappa shape index (κ3) is 5.55. The van der Waals surface area contributed by atoms with Gasteiger partial charge in [0.05, 0.1) is 36.7 Å². The molecular formula is C28H31N5O7. The smallest absolute Gasteiger partial charge is 0.338 e. The van der Waals surface area contributed by atoms with Crippen molar-refractivity contribution in [3.63, 3.8) is 0 Å². The average molecular weight is 550 g/mol. The van der Waals surface area contributed by atoms with Crippen molar-refractivity contribution in [2.75, 3.05) is 25.6 Å². The molecule has 4 rings (SSSR count). The second-order valence-electron chi connectivity index (χ2n) is 8.97. The number of hydrogen-bond acceptors (Lipinski definition) is 7. The van der Waals surface area contributed by atoms with Gasteiger partial charge in [0.25, 0.3) is 11.5 Å². The van der Waals surface area contributed by atoms with Crippen LogP contribution in [0, 0.1) is 6.92 Å². The van der Waals surface area contributed by atoms with Crippen LogP contribution in [0.2, 0.25) is 0 Å². The Labute approximate surface area is 230 Å². The highest BCUT2D eigenvalue weighted by molar-refractivity contribution is 5.95. The molecule has 1 aromatic heterocycles. The molecule has 0 saturated carbocycles. The number of rotatable bonds is 9. The van der Waals surface area contributed by atoms with Crippen LogP contribution in [-0.4, -0.2) is 47.6 Å². The van der Waals surface area contributed by atoms with E-state index in [2.05, 4.69) is 16.0 Å².